The lowest BCUT2D eigenvalue weighted by molar-refractivity contribution is -0.113. The van der Waals surface area contributed by atoms with E-state index in [0.717, 1.165) is 16.8 Å². The number of benzene rings is 2. The number of morpholine rings is 1. The van der Waals surface area contributed by atoms with Crippen LogP contribution in [-0.4, -0.2) is 60.2 Å². The molecule has 1 aliphatic rings. The lowest BCUT2D eigenvalue weighted by Crippen LogP contribution is -2.40. The number of anilines is 1. The Hall–Kier alpha value is -2.40. The number of rotatable bonds is 7. The van der Waals surface area contributed by atoms with E-state index in [9.17, 15) is 13.2 Å². The van der Waals surface area contributed by atoms with Gasteiger partial charge in [0, 0.05) is 25.3 Å². The molecule has 1 saturated heterocycles. The largest absolute Gasteiger partial charge is 0.379 e. The number of aryl methyl sites for hydroxylation is 2. The zero-order valence-electron chi connectivity index (χ0n) is 18.1. The van der Waals surface area contributed by atoms with E-state index in [4.69, 9.17) is 4.74 Å². The van der Waals surface area contributed by atoms with Crippen LogP contribution in [0.3, 0.4) is 0 Å². The lowest BCUT2D eigenvalue weighted by Gasteiger charge is -2.26. The molecule has 170 valence electrons. The fourth-order valence-electron chi connectivity index (χ4n) is 3.56. The van der Waals surface area contributed by atoms with Gasteiger partial charge in [-0.2, -0.15) is 4.31 Å². The summed E-state index contributed by atoms with van der Waals surface area (Å²) >= 11 is 1.33. The van der Waals surface area contributed by atoms with Gasteiger partial charge in [-0.15, -0.1) is 0 Å². The van der Waals surface area contributed by atoms with Crippen molar-refractivity contribution in [3.63, 3.8) is 0 Å². The minimum atomic E-state index is -3.59. The third-order valence-electron chi connectivity index (χ3n) is 5.28. The first kappa shape index (κ1) is 22.8. The summed E-state index contributed by atoms with van der Waals surface area (Å²) in [7, 11) is -3.59. The molecule has 1 amide bonds. The predicted molar refractivity (Wildman–Crippen MR) is 126 cm³/mol. The number of hydrogen-bond donors (Lipinski definition) is 1. The molecule has 3 aromatic rings. The van der Waals surface area contributed by atoms with E-state index in [-0.39, 0.29) is 16.6 Å². The molecule has 0 radical (unpaired) electrons. The molecule has 0 saturated carbocycles. The standard InChI is InChI=1S/C22H26N4O4S2/c1-3-26-20-9-8-18(32(28,29)25-10-12-30-13-11-25)14-19(20)24-22(26)31-15-21(27)23-17-6-4-16(2)5-7-17/h4-9,14H,3,10-13,15H2,1-2H3,(H,23,27). The molecule has 0 bridgehead atoms. The first-order chi connectivity index (χ1) is 15.4. The molecule has 8 nitrogen and oxygen atoms in total. The topological polar surface area (TPSA) is 93.5 Å². The van der Waals surface area contributed by atoms with Crippen LogP contribution in [0, 0.1) is 6.92 Å². The van der Waals surface area contributed by atoms with Crippen molar-refractivity contribution in [3.8, 4) is 0 Å². The van der Waals surface area contributed by atoms with E-state index in [1.54, 1.807) is 18.2 Å². The summed E-state index contributed by atoms with van der Waals surface area (Å²) in [5.41, 5.74) is 3.32. The Morgan fingerprint density at radius 1 is 1.16 bits per heavy atom. The monoisotopic (exact) mass is 474 g/mol. The lowest BCUT2D eigenvalue weighted by atomic mass is 10.2. The fourth-order valence-corrected chi connectivity index (χ4v) is 5.87. The third kappa shape index (κ3) is 4.83. The molecule has 0 atom stereocenters. The van der Waals surface area contributed by atoms with Gasteiger partial charge in [-0.3, -0.25) is 4.79 Å². The summed E-state index contributed by atoms with van der Waals surface area (Å²) in [6.07, 6.45) is 0. The number of aromatic nitrogens is 2. The number of hydrogen-bond acceptors (Lipinski definition) is 6. The second-order valence-corrected chi connectivity index (χ2v) is 10.4. The average Bonchev–Trinajstić information content (AvgIpc) is 3.16. The molecule has 10 heteroatoms. The van der Waals surface area contributed by atoms with Crippen molar-refractivity contribution in [1.29, 1.82) is 0 Å². The zero-order chi connectivity index (χ0) is 22.7. The van der Waals surface area contributed by atoms with Gasteiger partial charge in [0.1, 0.15) is 0 Å². The van der Waals surface area contributed by atoms with Crippen LogP contribution in [0.2, 0.25) is 0 Å². The van der Waals surface area contributed by atoms with Crippen molar-refractivity contribution >= 4 is 44.4 Å². The molecule has 1 N–H and O–H groups in total. The number of thioether (sulfide) groups is 1. The van der Waals surface area contributed by atoms with E-state index in [1.807, 2.05) is 42.7 Å². The summed E-state index contributed by atoms with van der Waals surface area (Å²) < 4.78 is 34.7. The van der Waals surface area contributed by atoms with E-state index in [1.165, 1.54) is 16.1 Å². The Balaban J connectivity index is 1.52. The van der Waals surface area contributed by atoms with E-state index in [0.29, 0.717) is 43.5 Å². The van der Waals surface area contributed by atoms with Crippen molar-refractivity contribution in [2.45, 2.75) is 30.4 Å². The molecule has 4 rings (SSSR count). The van der Waals surface area contributed by atoms with Crippen LogP contribution in [0.5, 0.6) is 0 Å². The van der Waals surface area contributed by atoms with E-state index in [2.05, 4.69) is 10.3 Å². The van der Waals surface area contributed by atoms with Crippen molar-refractivity contribution in [3.05, 3.63) is 48.0 Å². The number of nitrogens with one attached hydrogen (secondary N) is 1. The number of sulfonamides is 1. The minimum Gasteiger partial charge on any atom is -0.379 e. The zero-order valence-corrected chi connectivity index (χ0v) is 19.7. The quantitative estimate of drug-likeness (QED) is 0.529. The fraction of sp³-hybridized carbons (Fsp3) is 0.364. The summed E-state index contributed by atoms with van der Waals surface area (Å²) in [5.74, 6) is 0.0833. The van der Waals surface area contributed by atoms with Crippen molar-refractivity contribution < 1.29 is 17.9 Å². The van der Waals surface area contributed by atoms with Gasteiger partial charge >= 0.3 is 0 Å². The molecule has 0 spiro atoms. The number of amides is 1. The van der Waals surface area contributed by atoms with Crippen molar-refractivity contribution in [2.75, 3.05) is 37.4 Å². The molecular formula is C22H26N4O4S2. The molecule has 1 aromatic heterocycles. The molecule has 1 aliphatic heterocycles. The van der Waals surface area contributed by atoms with Crippen LogP contribution in [0.4, 0.5) is 5.69 Å². The minimum absolute atomic E-state index is 0.121. The molecule has 0 unspecified atom stereocenters. The number of carbonyl (C=O) groups excluding carboxylic acids is 1. The maximum Gasteiger partial charge on any atom is 0.243 e. The Kier molecular flexibility index (Phi) is 6.85. The van der Waals surface area contributed by atoms with Crippen LogP contribution < -0.4 is 5.32 Å². The van der Waals surface area contributed by atoms with Crippen molar-refractivity contribution in [1.82, 2.24) is 13.9 Å². The molecular weight excluding hydrogens is 448 g/mol. The molecule has 2 aromatic carbocycles. The molecule has 0 aliphatic carbocycles. The van der Waals surface area contributed by atoms with Gasteiger partial charge in [-0.05, 0) is 44.2 Å². The molecule has 1 fully saturated rings. The Morgan fingerprint density at radius 3 is 2.56 bits per heavy atom. The van der Waals surface area contributed by atoms with Gasteiger partial charge in [0.2, 0.25) is 15.9 Å². The van der Waals surface area contributed by atoms with Crippen molar-refractivity contribution in [2.24, 2.45) is 0 Å². The Bertz CT molecular complexity index is 1220. The first-order valence-electron chi connectivity index (χ1n) is 10.5. The maximum atomic E-state index is 13.0. The van der Waals surface area contributed by atoms with Crippen LogP contribution in [0.1, 0.15) is 12.5 Å². The van der Waals surface area contributed by atoms with Gasteiger partial charge in [-0.25, -0.2) is 13.4 Å². The third-order valence-corrected chi connectivity index (χ3v) is 8.15. The number of imidazole rings is 1. The highest BCUT2D eigenvalue weighted by Crippen LogP contribution is 2.27. The SMILES string of the molecule is CCn1c(SCC(=O)Nc2ccc(C)cc2)nc2cc(S(=O)(=O)N3CCOCC3)ccc21. The summed E-state index contributed by atoms with van der Waals surface area (Å²) in [5, 5.41) is 3.57. The van der Waals surface area contributed by atoms with Crippen LogP contribution in [0.15, 0.2) is 52.5 Å². The second kappa shape index (κ2) is 9.62. The Morgan fingerprint density at radius 2 is 1.88 bits per heavy atom. The van der Waals surface area contributed by atoms with Crippen LogP contribution in [0.25, 0.3) is 11.0 Å². The van der Waals surface area contributed by atoms with Gasteiger partial charge in [0.05, 0.1) is 34.9 Å². The first-order valence-corrected chi connectivity index (χ1v) is 12.9. The summed E-state index contributed by atoms with van der Waals surface area (Å²) in [6, 6.07) is 12.7. The number of carbonyl (C=O) groups is 1. The smallest absolute Gasteiger partial charge is 0.243 e. The number of fused-ring (bicyclic) bond motifs is 1. The van der Waals surface area contributed by atoms with Crippen LogP contribution in [-0.2, 0) is 26.1 Å². The van der Waals surface area contributed by atoms with Gasteiger partial charge < -0.3 is 14.6 Å². The van der Waals surface area contributed by atoms with E-state index < -0.39 is 10.0 Å². The summed E-state index contributed by atoms with van der Waals surface area (Å²) in [6.45, 7) is 6.15. The molecule has 32 heavy (non-hydrogen) atoms. The predicted octanol–water partition coefficient (Wildman–Crippen LogP) is 3.12. The van der Waals surface area contributed by atoms with Gasteiger partial charge in [-0.1, -0.05) is 29.5 Å². The summed E-state index contributed by atoms with van der Waals surface area (Å²) in [4.78, 5) is 17.2. The average molecular weight is 475 g/mol. The highest BCUT2D eigenvalue weighted by Gasteiger charge is 2.27. The number of ether oxygens (including phenoxy) is 1. The maximum absolute atomic E-state index is 13.0. The van der Waals surface area contributed by atoms with Gasteiger partial charge in [0.25, 0.3) is 0 Å². The second-order valence-electron chi connectivity index (χ2n) is 7.51. The molecule has 2 heterocycles. The highest BCUT2D eigenvalue weighted by molar-refractivity contribution is 7.99. The van der Waals surface area contributed by atoms with Crippen LogP contribution >= 0.6 is 11.8 Å². The van der Waals surface area contributed by atoms with Gasteiger partial charge in [0.15, 0.2) is 5.16 Å². The number of nitrogens with zero attached hydrogens (tertiary/aromatic N) is 3. The highest BCUT2D eigenvalue weighted by atomic mass is 32.2. The normalized spacial score (nSPS) is 15.2. The van der Waals surface area contributed by atoms with E-state index >= 15 is 0 Å². The Labute approximate surface area is 192 Å².